The van der Waals surface area contributed by atoms with Crippen molar-refractivity contribution in [1.82, 2.24) is 0 Å². The van der Waals surface area contributed by atoms with Gasteiger partial charge in [0.05, 0.1) is 0 Å². The van der Waals surface area contributed by atoms with E-state index in [1.165, 1.54) is 4.90 Å². The van der Waals surface area contributed by atoms with E-state index in [0.29, 0.717) is 12.8 Å². The molecule has 0 atom stereocenters. The highest BCUT2D eigenvalue weighted by molar-refractivity contribution is 7.98. The number of fused-ring (bicyclic) bond motifs is 1. The minimum absolute atomic E-state index is 0.00886. The highest BCUT2D eigenvalue weighted by Crippen LogP contribution is 2.32. The highest BCUT2D eigenvalue weighted by atomic mass is 32.2. The van der Waals surface area contributed by atoms with Crippen molar-refractivity contribution in [3.8, 4) is 11.5 Å². The largest absolute Gasteiger partial charge is 0.454 e. The van der Waals surface area contributed by atoms with Crippen molar-refractivity contribution >= 4 is 23.4 Å². The molecule has 2 aromatic rings. The van der Waals surface area contributed by atoms with Crippen molar-refractivity contribution < 1.29 is 14.3 Å². The molecule has 0 aliphatic carbocycles. The number of benzene rings is 2. The number of aryl methyl sites for hydroxylation is 1. The molecule has 114 valence electrons. The molecule has 1 heterocycles. The zero-order valence-electron chi connectivity index (χ0n) is 12.3. The van der Waals surface area contributed by atoms with Crippen molar-refractivity contribution in [3.05, 3.63) is 48.0 Å². The van der Waals surface area contributed by atoms with Gasteiger partial charge in [-0.05, 0) is 54.6 Å². The summed E-state index contributed by atoms with van der Waals surface area (Å²) in [6.45, 7) is 0.269. The molecule has 0 radical (unpaired) electrons. The van der Waals surface area contributed by atoms with Crippen LogP contribution in [0.2, 0.25) is 0 Å². The molecule has 4 nitrogen and oxygen atoms in total. The summed E-state index contributed by atoms with van der Waals surface area (Å²) in [5.74, 6) is 1.53. The van der Waals surface area contributed by atoms with Crippen molar-refractivity contribution in [2.75, 3.05) is 18.4 Å². The van der Waals surface area contributed by atoms with Gasteiger partial charge < -0.3 is 14.8 Å². The van der Waals surface area contributed by atoms with Crippen molar-refractivity contribution in [2.24, 2.45) is 0 Å². The maximum atomic E-state index is 12.0. The Morgan fingerprint density at radius 3 is 2.68 bits per heavy atom. The Morgan fingerprint density at radius 1 is 1.14 bits per heavy atom. The van der Waals surface area contributed by atoms with Crippen molar-refractivity contribution in [2.45, 2.75) is 17.7 Å². The Bertz CT molecular complexity index is 670. The van der Waals surface area contributed by atoms with Gasteiger partial charge in [-0.25, -0.2) is 0 Å². The van der Waals surface area contributed by atoms with Crippen LogP contribution >= 0.6 is 11.8 Å². The van der Waals surface area contributed by atoms with E-state index in [0.717, 1.165) is 22.7 Å². The van der Waals surface area contributed by atoms with Gasteiger partial charge in [0.15, 0.2) is 11.5 Å². The van der Waals surface area contributed by atoms with Gasteiger partial charge in [0, 0.05) is 17.0 Å². The number of nitrogens with one attached hydrogen (secondary N) is 1. The normalized spacial score (nSPS) is 12.2. The Balaban J connectivity index is 1.53. The number of hydrogen-bond donors (Lipinski definition) is 1. The molecule has 0 fully saturated rings. The fourth-order valence-corrected chi connectivity index (χ4v) is 2.66. The average Bonchev–Trinajstić information content (AvgIpc) is 3.01. The molecule has 0 aromatic heterocycles. The number of rotatable bonds is 5. The topological polar surface area (TPSA) is 47.6 Å². The Kier molecular flexibility index (Phi) is 4.53. The molecule has 1 aliphatic heterocycles. The van der Waals surface area contributed by atoms with E-state index in [1.807, 2.05) is 48.7 Å². The van der Waals surface area contributed by atoms with Crippen LogP contribution in [-0.2, 0) is 11.2 Å². The number of carbonyl (C=O) groups is 1. The van der Waals surface area contributed by atoms with E-state index < -0.39 is 0 Å². The fraction of sp³-hybridized carbons (Fsp3) is 0.235. The number of amides is 1. The number of thioether (sulfide) groups is 1. The SMILES string of the molecule is CSc1ccc(NC(=O)CCc2ccc3c(c2)OCO3)cc1. The predicted octanol–water partition coefficient (Wildman–Crippen LogP) is 3.71. The summed E-state index contributed by atoms with van der Waals surface area (Å²) in [7, 11) is 0. The second-order valence-corrected chi connectivity index (χ2v) is 5.84. The molecule has 0 saturated heterocycles. The molecule has 3 rings (SSSR count). The lowest BCUT2D eigenvalue weighted by atomic mass is 10.1. The van der Waals surface area contributed by atoms with Gasteiger partial charge in [0.2, 0.25) is 12.7 Å². The van der Waals surface area contributed by atoms with E-state index in [-0.39, 0.29) is 12.7 Å². The first kappa shape index (κ1) is 14.8. The standard InChI is InChI=1S/C17H17NO3S/c1-22-14-6-4-13(5-7-14)18-17(19)9-3-12-2-8-15-16(10-12)21-11-20-15/h2,4-8,10H,3,9,11H2,1H3,(H,18,19). The molecular formula is C17H17NO3S. The molecule has 22 heavy (non-hydrogen) atoms. The van der Waals surface area contributed by atoms with Crippen LogP contribution in [0.4, 0.5) is 5.69 Å². The monoisotopic (exact) mass is 315 g/mol. The fourth-order valence-electron chi connectivity index (χ4n) is 2.25. The van der Waals surface area contributed by atoms with E-state index in [4.69, 9.17) is 9.47 Å². The van der Waals surface area contributed by atoms with E-state index in [2.05, 4.69) is 5.32 Å². The number of ether oxygens (including phenoxy) is 2. The van der Waals surface area contributed by atoms with Gasteiger partial charge in [-0.3, -0.25) is 4.79 Å². The van der Waals surface area contributed by atoms with Crippen LogP contribution in [-0.4, -0.2) is 19.0 Å². The van der Waals surface area contributed by atoms with Gasteiger partial charge >= 0.3 is 0 Å². The van der Waals surface area contributed by atoms with E-state index in [1.54, 1.807) is 11.8 Å². The lowest BCUT2D eigenvalue weighted by molar-refractivity contribution is -0.116. The molecule has 0 unspecified atom stereocenters. The molecule has 1 amide bonds. The summed E-state index contributed by atoms with van der Waals surface area (Å²) in [4.78, 5) is 13.2. The van der Waals surface area contributed by atoms with E-state index >= 15 is 0 Å². The van der Waals surface area contributed by atoms with Crippen LogP contribution in [0.1, 0.15) is 12.0 Å². The first-order valence-electron chi connectivity index (χ1n) is 7.07. The van der Waals surface area contributed by atoms with Gasteiger partial charge in [-0.2, -0.15) is 0 Å². The molecule has 5 heteroatoms. The Hall–Kier alpha value is -2.14. The number of hydrogen-bond acceptors (Lipinski definition) is 4. The van der Waals surface area contributed by atoms with Gasteiger partial charge in [0.25, 0.3) is 0 Å². The molecular weight excluding hydrogens is 298 g/mol. The van der Waals surface area contributed by atoms with Crippen LogP contribution in [0.5, 0.6) is 11.5 Å². The average molecular weight is 315 g/mol. The third-order valence-electron chi connectivity index (χ3n) is 3.45. The molecule has 1 N–H and O–H groups in total. The molecule has 2 aromatic carbocycles. The van der Waals surface area contributed by atoms with Gasteiger partial charge in [-0.15, -0.1) is 11.8 Å². The second kappa shape index (κ2) is 6.75. The lowest BCUT2D eigenvalue weighted by Crippen LogP contribution is -2.12. The minimum atomic E-state index is 0.00886. The maximum Gasteiger partial charge on any atom is 0.231 e. The summed E-state index contributed by atoms with van der Waals surface area (Å²) in [5.41, 5.74) is 1.89. The molecule has 0 saturated carbocycles. The summed E-state index contributed by atoms with van der Waals surface area (Å²) in [6, 6.07) is 13.6. The molecule has 1 aliphatic rings. The predicted molar refractivity (Wildman–Crippen MR) is 87.7 cm³/mol. The number of anilines is 1. The lowest BCUT2D eigenvalue weighted by Gasteiger charge is -2.06. The van der Waals surface area contributed by atoms with Crippen molar-refractivity contribution in [1.29, 1.82) is 0 Å². The van der Waals surface area contributed by atoms with E-state index in [9.17, 15) is 4.79 Å². The van der Waals surface area contributed by atoms with Crippen LogP contribution in [0.3, 0.4) is 0 Å². The van der Waals surface area contributed by atoms with Gasteiger partial charge in [-0.1, -0.05) is 6.07 Å². The highest BCUT2D eigenvalue weighted by Gasteiger charge is 2.13. The second-order valence-electron chi connectivity index (χ2n) is 4.96. The van der Waals surface area contributed by atoms with Crippen LogP contribution in [0.25, 0.3) is 0 Å². The summed E-state index contributed by atoms with van der Waals surface area (Å²) in [5, 5.41) is 2.91. The number of carbonyl (C=O) groups excluding carboxylic acids is 1. The zero-order valence-corrected chi connectivity index (χ0v) is 13.1. The van der Waals surface area contributed by atoms with Crippen molar-refractivity contribution in [3.63, 3.8) is 0 Å². The first-order valence-corrected chi connectivity index (χ1v) is 8.29. The Labute approximate surface area is 133 Å². The summed E-state index contributed by atoms with van der Waals surface area (Å²) < 4.78 is 10.6. The first-order chi connectivity index (χ1) is 10.7. The molecule has 0 spiro atoms. The van der Waals surface area contributed by atoms with Gasteiger partial charge in [0.1, 0.15) is 0 Å². The zero-order chi connectivity index (χ0) is 15.4. The third kappa shape index (κ3) is 3.54. The Morgan fingerprint density at radius 2 is 1.91 bits per heavy atom. The van der Waals surface area contributed by atoms with Crippen LogP contribution in [0, 0.1) is 0 Å². The smallest absolute Gasteiger partial charge is 0.231 e. The maximum absolute atomic E-state index is 12.0. The van der Waals surface area contributed by atoms with Crippen LogP contribution in [0.15, 0.2) is 47.4 Å². The summed E-state index contributed by atoms with van der Waals surface area (Å²) in [6.07, 6.45) is 3.13. The third-order valence-corrected chi connectivity index (χ3v) is 4.20. The van der Waals surface area contributed by atoms with Crippen LogP contribution < -0.4 is 14.8 Å². The quantitative estimate of drug-likeness (QED) is 0.855. The molecule has 0 bridgehead atoms. The minimum Gasteiger partial charge on any atom is -0.454 e. The summed E-state index contributed by atoms with van der Waals surface area (Å²) >= 11 is 1.68.